The molecule has 342 valence electrons. The van der Waals surface area contributed by atoms with Crippen LogP contribution in [-0.2, 0) is 6.42 Å². The monoisotopic (exact) mass is 891 g/mol. The molecule has 0 amide bonds. The van der Waals surface area contributed by atoms with Crippen LogP contribution in [0.3, 0.4) is 0 Å². The number of halogens is 18. The van der Waals surface area contributed by atoms with Gasteiger partial charge in [-0.2, -0.15) is 74.6 Å². The Kier molecular flexibility index (Phi) is 14.0. The molecule has 0 spiro atoms. The van der Waals surface area contributed by atoms with E-state index in [2.05, 4.69) is 0 Å². The van der Waals surface area contributed by atoms with Crippen molar-refractivity contribution < 1.29 is 89.2 Å². The van der Waals surface area contributed by atoms with Crippen LogP contribution in [0.1, 0.15) is 101 Å². The highest BCUT2D eigenvalue weighted by molar-refractivity contribution is 5.41. The first kappa shape index (κ1) is 49.3. The van der Waals surface area contributed by atoms with E-state index in [1.807, 2.05) is 11.8 Å². The summed E-state index contributed by atoms with van der Waals surface area (Å²) >= 11 is 0. The second kappa shape index (κ2) is 16.8. The van der Waals surface area contributed by atoms with Crippen molar-refractivity contribution in [3.63, 3.8) is 0 Å². The number of phenols is 1. The Hall–Kier alpha value is -2.32. The number of nitrogens with zero attached hydrogens (tertiary/aromatic N) is 1. The summed E-state index contributed by atoms with van der Waals surface area (Å²) in [6.45, 7) is 2.82. The number of aliphatic hydroxyl groups excluding tert-OH is 1. The Labute approximate surface area is 328 Å². The second-order valence-corrected chi connectivity index (χ2v) is 16.8. The smallest absolute Gasteiger partial charge is 0.460 e. The van der Waals surface area contributed by atoms with Gasteiger partial charge in [0.15, 0.2) is 0 Å². The Morgan fingerprint density at radius 3 is 1.75 bits per heavy atom. The lowest BCUT2D eigenvalue weighted by Gasteiger charge is -2.54. The van der Waals surface area contributed by atoms with E-state index in [1.165, 1.54) is 0 Å². The first-order valence-corrected chi connectivity index (χ1v) is 19.3. The highest BCUT2D eigenvalue weighted by atomic mass is 19.4. The number of aromatic hydroxyl groups is 1. The Balaban J connectivity index is 1.23. The standard InChI is InChI=1S/C38H47F18NO2/c1-30-20-26(39)29-24-12-11-23(58)19-22(24)18-21(28(29)25(30)13-14-27(30)59)10-6-5-9-17-57(2)16-8-4-3-7-15-31(40,41)32(42,43)33(44,45)34(46,47)35(48,49)36(50,51)37(52,53)38(54,55)56/h11-12,19,21,25-29,58-59H,3-10,13-18,20H2,1-2H3/t21-,25+,26+,27+,28+,29+,30+/m1/s1. The number of aliphatic hydroxyl groups is 1. The Morgan fingerprint density at radius 1 is 0.678 bits per heavy atom. The molecule has 0 saturated heterocycles. The zero-order chi connectivity index (χ0) is 45.0. The van der Waals surface area contributed by atoms with Gasteiger partial charge in [0.2, 0.25) is 0 Å². The molecule has 2 saturated carbocycles. The first-order valence-electron chi connectivity index (χ1n) is 19.3. The summed E-state index contributed by atoms with van der Waals surface area (Å²) in [5.74, 6) is -56.1. The second-order valence-electron chi connectivity index (χ2n) is 16.8. The predicted molar refractivity (Wildman–Crippen MR) is 178 cm³/mol. The highest BCUT2D eigenvalue weighted by Gasteiger charge is 2.95. The largest absolute Gasteiger partial charge is 0.508 e. The summed E-state index contributed by atoms with van der Waals surface area (Å²) in [6, 6.07) is 5.03. The number of unbranched alkanes of at least 4 members (excludes halogenated alkanes) is 5. The number of fused-ring (bicyclic) bond motifs is 5. The van der Waals surface area contributed by atoms with Crippen LogP contribution in [0, 0.1) is 23.2 Å². The van der Waals surface area contributed by atoms with E-state index in [0.29, 0.717) is 32.4 Å². The van der Waals surface area contributed by atoms with E-state index < -0.39 is 84.6 Å². The van der Waals surface area contributed by atoms with E-state index >= 15 is 4.39 Å². The molecule has 1 aromatic rings. The summed E-state index contributed by atoms with van der Waals surface area (Å²) in [4.78, 5) is 1.83. The molecule has 7 atom stereocenters. The molecular weight excluding hydrogens is 844 g/mol. The predicted octanol–water partition coefficient (Wildman–Crippen LogP) is 12.2. The number of rotatable bonds is 19. The fourth-order valence-corrected chi connectivity index (χ4v) is 9.55. The van der Waals surface area contributed by atoms with Gasteiger partial charge in [-0.15, -0.1) is 0 Å². The topological polar surface area (TPSA) is 43.7 Å². The van der Waals surface area contributed by atoms with E-state index in [4.69, 9.17) is 0 Å². The molecule has 4 rings (SSSR count). The maximum Gasteiger partial charge on any atom is 0.460 e. The fourth-order valence-electron chi connectivity index (χ4n) is 9.55. The molecule has 2 N–H and O–H groups in total. The molecule has 2 fully saturated rings. The Bertz CT molecular complexity index is 1590. The van der Waals surface area contributed by atoms with E-state index in [9.17, 15) is 84.9 Å². The van der Waals surface area contributed by atoms with Crippen molar-refractivity contribution in [2.75, 3.05) is 20.1 Å². The lowest BCUT2D eigenvalue weighted by molar-refractivity contribution is -0.461. The molecule has 1 aromatic carbocycles. The lowest BCUT2D eigenvalue weighted by atomic mass is 9.51. The van der Waals surface area contributed by atoms with Gasteiger partial charge in [0.25, 0.3) is 0 Å². The summed E-state index contributed by atoms with van der Waals surface area (Å²) in [7, 11) is 1.70. The minimum Gasteiger partial charge on any atom is -0.508 e. The first-order chi connectivity index (χ1) is 26.7. The van der Waals surface area contributed by atoms with Crippen LogP contribution < -0.4 is 0 Å². The van der Waals surface area contributed by atoms with Gasteiger partial charge >= 0.3 is 47.6 Å². The van der Waals surface area contributed by atoms with Crippen LogP contribution in [0.5, 0.6) is 5.75 Å². The quantitative estimate of drug-likeness (QED) is 0.107. The summed E-state index contributed by atoms with van der Waals surface area (Å²) in [5, 5.41) is 20.9. The SMILES string of the molecule is CN(CCCCCCC(F)(F)C(F)(F)C(F)(F)C(F)(F)C(F)(F)C(F)(F)C(F)(F)C(F)(F)F)CCCCC[C@@H]1Cc2cc(O)ccc2[C@@H]2[C@@H]1[C@@H]1CC[C@H](O)[C@@]1(C)C[C@@H]2F. The van der Waals surface area contributed by atoms with E-state index in [1.54, 1.807) is 25.2 Å². The molecule has 0 aromatic heterocycles. The molecule has 21 heteroatoms. The van der Waals surface area contributed by atoms with Crippen molar-refractivity contribution in [3.8, 4) is 5.75 Å². The van der Waals surface area contributed by atoms with Crippen molar-refractivity contribution in [1.29, 1.82) is 0 Å². The molecule has 0 bridgehead atoms. The third-order valence-corrected chi connectivity index (χ3v) is 13.0. The summed E-state index contributed by atoms with van der Waals surface area (Å²) in [5.41, 5.74) is 1.27. The van der Waals surface area contributed by atoms with Gasteiger partial charge in [-0.25, -0.2) is 4.39 Å². The van der Waals surface area contributed by atoms with Crippen molar-refractivity contribution in [1.82, 2.24) is 4.90 Å². The molecular formula is C38H47F18NO2. The maximum absolute atomic E-state index is 16.0. The van der Waals surface area contributed by atoms with Crippen LogP contribution in [-0.4, -0.2) is 95.2 Å². The number of hydrogen-bond donors (Lipinski definition) is 2. The number of benzene rings is 1. The molecule has 0 radical (unpaired) electrons. The fraction of sp³-hybridized carbons (Fsp3) is 0.842. The minimum absolute atomic E-state index is 0.00879. The van der Waals surface area contributed by atoms with Crippen LogP contribution in [0.4, 0.5) is 79.0 Å². The zero-order valence-electron chi connectivity index (χ0n) is 31.9. The summed E-state index contributed by atoms with van der Waals surface area (Å²) < 4.78 is 245. The third kappa shape index (κ3) is 8.46. The molecule has 3 aliphatic carbocycles. The molecule has 0 unspecified atom stereocenters. The van der Waals surface area contributed by atoms with Crippen molar-refractivity contribution >= 4 is 0 Å². The van der Waals surface area contributed by atoms with Crippen molar-refractivity contribution in [3.05, 3.63) is 29.3 Å². The van der Waals surface area contributed by atoms with E-state index in [-0.39, 0.29) is 48.7 Å². The van der Waals surface area contributed by atoms with Gasteiger partial charge in [0.1, 0.15) is 11.9 Å². The average molecular weight is 892 g/mol. The van der Waals surface area contributed by atoms with Crippen LogP contribution >= 0.6 is 0 Å². The van der Waals surface area contributed by atoms with Gasteiger partial charge in [-0.05, 0) is 118 Å². The molecule has 3 aliphatic rings. The summed E-state index contributed by atoms with van der Waals surface area (Å²) in [6.07, 6.45) is -8.00. The molecule has 3 nitrogen and oxygen atoms in total. The van der Waals surface area contributed by atoms with Crippen molar-refractivity contribution in [2.45, 2.75) is 156 Å². The van der Waals surface area contributed by atoms with Gasteiger partial charge in [0, 0.05) is 12.3 Å². The van der Waals surface area contributed by atoms with Gasteiger partial charge in [-0.1, -0.05) is 38.7 Å². The molecule has 59 heavy (non-hydrogen) atoms. The number of alkyl halides is 18. The molecule has 0 heterocycles. The third-order valence-electron chi connectivity index (χ3n) is 13.0. The van der Waals surface area contributed by atoms with Crippen LogP contribution in [0.15, 0.2) is 18.2 Å². The lowest BCUT2D eigenvalue weighted by Crippen LogP contribution is -2.74. The van der Waals surface area contributed by atoms with Gasteiger partial charge < -0.3 is 15.1 Å². The number of phenolic OH excluding ortho intramolecular Hbond substituents is 1. The Morgan fingerprint density at radius 2 is 1.19 bits per heavy atom. The van der Waals surface area contributed by atoms with Crippen LogP contribution in [0.2, 0.25) is 0 Å². The average Bonchev–Trinajstić information content (AvgIpc) is 3.40. The maximum atomic E-state index is 16.0. The van der Waals surface area contributed by atoms with Crippen molar-refractivity contribution in [2.24, 2.45) is 23.2 Å². The zero-order valence-corrected chi connectivity index (χ0v) is 31.9. The molecule has 0 aliphatic heterocycles. The van der Waals surface area contributed by atoms with Gasteiger partial charge in [0.05, 0.1) is 6.10 Å². The normalized spacial score (nSPS) is 27.5. The van der Waals surface area contributed by atoms with Crippen LogP contribution in [0.25, 0.3) is 0 Å². The van der Waals surface area contributed by atoms with Gasteiger partial charge in [-0.3, -0.25) is 0 Å². The minimum atomic E-state index is -8.62. The van der Waals surface area contributed by atoms with E-state index in [0.717, 1.165) is 36.8 Å². The highest BCUT2D eigenvalue weighted by Crippen LogP contribution is 2.65. The number of hydrogen-bond acceptors (Lipinski definition) is 3.